The van der Waals surface area contributed by atoms with Crippen molar-refractivity contribution in [1.82, 2.24) is 16.2 Å². The van der Waals surface area contributed by atoms with Crippen LogP contribution in [0.1, 0.15) is 24.8 Å². The molecular weight excluding hydrogens is 304 g/mol. The summed E-state index contributed by atoms with van der Waals surface area (Å²) >= 11 is 6.17. The fourth-order valence-electron chi connectivity index (χ4n) is 3.02. The second kappa shape index (κ2) is 5.87. The van der Waals surface area contributed by atoms with E-state index in [9.17, 15) is 9.59 Å². The number of carbonyl (C=O) groups is 2. The Morgan fingerprint density at radius 3 is 2.73 bits per heavy atom. The molecule has 0 radical (unpaired) electrons. The highest BCUT2D eigenvalue weighted by molar-refractivity contribution is 6.31. The van der Waals surface area contributed by atoms with Crippen molar-refractivity contribution in [3.8, 4) is 0 Å². The first-order valence-electron chi connectivity index (χ1n) is 7.34. The summed E-state index contributed by atoms with van der Waals surface area (Å²) in [5, 5.41) is 3.62. The summed E-state index contributed by atoms with van der Waals surface area (Å²) in [5.41, 5.74) is 12.1. The zero-order chi connectivity index (χ0) is 15.9. The Morgan fingerprint density at radius 2 is 2.05 bits per heavy atom. The Morgan fingerprint density at radius 1 is 1.32 bits per heavy atom. The van der Waals surface area contributed by atoms with E-state index in [2.05, 4.69) is 16.2 Å². The minimum Gasteiger partial charge on any atom is -0.368 e. The van der Waals surface area contributed by atoms with Crippen molar-refractivity contribution in [3.05, 3.63) is 34.9 Å². The van der Waals surface area contributed by atoms with Gasteiger partial charge < -0.3 is 11.1 Å². The molecule has 1 aliphatic carbocycles. The maximum Gasteiger partial charge on any atom is 0.238 e. The van der Waals surface area contributed by atoms with Crippen molar-refractivity contribution >= 4 is 23.4 Å². The molecule has 3 rings (SSSR count). The molecule has 22 heavy (non-hydrogen) atoms. The van der Waals surface area contributed by atoms with Crippen LogP contribution in [0.15, 0.2) is 24.3 Å². The second-order valence-electron chi connectivity index (χ2n) is 5.96. The highest BCUT2D eigenvalue weighted by Crippen LogP contribution is 2.49. The number of halogens is 1. The average Bonchev–Trinajstić information content (AvgIpc) is 3.19. The summed E-state index contributed by atoms with van der Waals surface area (Å²) in [4.78, 5) is 23.8. The summed E-state index contributed by atoms with van der Waals surface area (Å²) in [6.07, 6.45) is 0.777. The van der Waals surface area contributed by atoms with E-state index >= 15 is 0 Å². The Bertz CT molecular complexity index is 609. The predicted molar refractivity (Wildman–Crippen MR) is 82.9 cm³/mol. The zero-order valence-corrected chi connectivity index (χ0v) is 12.9. The van der Waals surface area contributed by atoms with E-state index in [1.807, 2.05) is 31.2 Å². The topological polar surface area (TPSA) is 96.2 Å². The van der Waals surface area contributed by atoms with Crippen molar-refractivity contribution in [2.45, 2.75) is 37.4 Å². The molecule has 2 fully saturated rings. The van der Waals surface area contributed by atoms with Gasteiger partial charge >= 0.3 is 0 Å². The lowest BCUT2D eigenvalue weighted by Crippen LogP contribution is -2.53. The molecular formula is C15H19ClN4O2. The van der Waals surface area contributed by atoms with Crippen LogP contribution in [0.5, 0.6) is 0 Å². The lowest BCUT2D eigenvalue weighted by atomic mass is 10.0. The summed E-state index contributed by atoms with van der Waals surface area (Å²) in [6.45, 7) is 1.89. The largest absolute Gasteiger partial charge is 0.368 e. The van der Waals surface area contributed by atoms with Gasteiger partial charge in [0, 0.05) is 17.0 Å². The number of amides is 2. The fraction of sp³-hybridized carbons (Fsp3) is 0.467. The van der Waals surface area contributed by atoms with Crippen LogP contribution in [0, 0.1) is 5.92 Å². The van der Waals surface area contributed by atoms with Gasteiger partial charge in [-0.1, -0.05) is 29.8 Å². The standard InChI is InChI=1S/C15H19ClN4O2/c1-7-12(13(14(17)21)20-19-7)18-15(22)10-6-9(10)8-4-2-3-5-11(8)16/h2-5,7,9-10,12-13,19-20H,6H2,1H3,(H2,17,21)(H,18,22). The summed E-state index contributed by atoms with van der Waals surface area (Å²) in [6, 6.07) is 6.56. The normalized spacial score (nSPS) is 33.5. The molecule has 7 heteroatoms. The van der Waals surface area contributed by atoms with E-state index in [1.165, 1.54) is 0 Å². The first kappa shape index (κ1) is 15.3. The molecule has 0 aromatic heterocycles. The number of rotatable bonds is 4. The van der Waals surface area contributed by atoms with Crippen LogP contribution < -0.4 is 21.9 Å². The lowest BCUT2D eigenvalue weighted by molar-refractivity contribution is -0.124. The van der Waals surface area contributed by atoms with E-state index < -0.39 is 11.9 Å². The van der Waals surface area contributed by atoms with Gasteiger partial charge in [-0.05, 0) is 30.9 Å². The zero-order valence-electron chi connectivity index (χ0n) is 12.2. The van der Waals surface area contributed by atoms with Crippen molar-refractivity contribution in [3.63, 3.8) is 0 Å². The summed E-state index contributed by atoms with van der Waals surface area (Å²) in [7, 11) is 0. The number of carbonyl (C=O) groups excluding carboxylic acids is 2. The summed E-state index contributed by atoms with van der Waals surface area (Å²) in [5.74, 6) is -0.487. The monoisotopic (exact) mass is 322 g/mol. The van der Waals surface area contributed by atoms with Crippen molar-refractivity contribution in [1.29, 1.82) is 0 Å². The highest BCUT2D eigenvalue weighted by Gasteiger charge is 2.47. The smallest absolute Gasteiger partial charge is 0.238 e. The van der Waals surface area contributed by atoms with Crippen LogP contribution in [-0.2, 0) is 9.59 Å². The number of primary amides is 1. The van der Waals surface area contributed by atoms with Gasteiger partial charge in [-0.15, -0.1) is 0 Å². The molecule has 1 saturated heterocycles. The number of hydrogen-bond donors (Lipinski definition) is 4. The predicted octanol–water partition coefficient (Wildman–Crippen LogP) is 0.279. The summed E-state index contributed by atoms with van der Waals surface area (Å²) < 4.78 is 0. The van der Waals surface area contributed by atoms with Gasteiger partial charge in [0.05, 0.1) is 6.04 Å². The quantitative estimate of drug-likeness (QED) is 0.640. The third kappa shape index (κ3) is 2.82. The van der Waals surface area contributed by atoms with E-state index in [1.54, 1.807) is 0 Å². The van der Waals surface area contributed by atoms with Crippen LogP contribution in [0.25, 0.3) is 0 Å². The Kier molecular flexibility index (Phi) is 4.08. The van der Waals surface area contributed by atoms with Crippen LogP contribution in [0.4, 0.5) is 0 Å². The molecule has 1 aliphatic heterocycles. The van der Waals surface area contributed by atoms with Crippen molar-refractivity contribution in [2.24, 2.45) is 11.7 Å². The molecule has 6 nitrogen and oxygen atoms in total. The SMILES string of the molecule is CC1NNC(C(N)=O)C1NC(=O)C1CC1c1ccccc1Cl. The van der Waals surface area contributed by atoms with Crippen LogP contribution in [-0.4, -0.2) is 29.9 Å². The Labute approximate surface area is 133 Å². The molecule has 1 heterocycles. The molecule has 1 saturated carbocycles. The molecule has 2 aliphatic rings. The average molecular weight is 323 g/mol. The minimum absolute atomic E-state index is 0.0569. The van der Waals surface area contributed by atoms with Crippen LogP contribution >= 0.6 is 11.6 Å². The van der Waals surface area contributed by atoms with Gasteiger partial charge in [0.2, 0.25) is 11.8 Å². The number of nitrogens with two attached hydrogens (primary N) is 1. The number of benzene rings is 1. The molecule has 0 bridgehead atoms. The number of hydrazine groups is 1. The van der Waals surface area contributed by atoms with Gasteiger partial charge in [-0.3, -0.25) is 15.0 Å². The molecule has 5 atom stereocenters. The van der Waals surface area contributed by atoms with Gasteiger partial charge in [0.15, 0.2) is 0 Å². The maximum absolute atomic E-state index is 12.4. The van der Waals surface area contributed by atoms with Crippen LogP contribution in [0.2, 0.25) is 5.02 Å². The van der Waals surface area contributed by atoms with E-state index in [4.69, 9.17) is 17.3 Å². The van der Waals surface area contributed by atoms with E-state index in [-0.39, 0.29) is 29.8 Å². The first-order chi connectivity index (χ1) is 10.5. The third-order valence-electron chi connectivity index (χ3n) is 4.41. The lowest BCUT2D eigenvalue weighted by Gasteiger charge is -2.20. The minimum atomic E-state index is -0.600. The molecule has 5 N–H and O–H groups in total. The number of hydrogen-bond acceptors (Lipinski definition) is 4. The van der Waals surface area contributed by atoms with Crippen molar-refractivity contribution in [2.75, 3.05) is 0 Å². The third-order valence-corrected chi connectivity index (χ3v) is 4.76. The molecule has 1 aromatic rings. The van der Waals surface area contributed by atoms with Crippen molar-refractivity contribution < 1.29 is 9.59 Å². The van der Waals surface area contributed by atoms with Gasteiger partial charge in [-0.2, -0.15) is 0 Å². The fourth-order valence-corrected chi connectivity index (χ4v) is 3.30. The molecule has 2 amide bonds. The second-order valence-corrected chi connectivity index (χ2v) is 6.37. The van der Waals surface area contributed by atoms with Crippen LogP contribution in [0.3, 0.4) is 0 Å². The highest BCUT2D eigenvalue weighted by atomic mass is 35.5. The molecule has 5 unspecified atom stereocenters. The number of nitrogens with one attached hydrogen (secondary N) is 3. The molecule has 0 spiro atoms. The van der Waals surface area contributed by atoms with E-state index in [0.717, 1.165) is 12.0 Å². The maximum atomic E-state index is 12.4. The van der Waals surface area contributed by atoms with Gasteiger partial charge in [-0.25, -0.2) is 5.43 Å². The Balaban J connectivity index is 1.64. The van der Waals surface area contributed by atoms with Gasteiger partial charge in [0.1, 0.15) is 6.04 Å². The Hall–Kier alpha value is -1.63. The molecule has 118 valence electrons. The van der Waals surface area contributed by atoms with E-state index in [0.29, 0.717) is 5.02 Å². The van der Waals surface area contributed by atoms with Gasteiger partial charge in [0.25, 0.3) is 0 Å². The molecule has 1 aromatic carbocycles. The first-order valence-corrected chi connectivity index (χ1v) is 7.72.